The Balaban J connectivity index is 1.62. The van der Waals surface area contributed by atoms with Gasteiger partial charge in [-0.05, 0) is 57.3 Å². The molecule has 0 fully saturated rings. The molecule has 1 heterocycles. The number of hydrogen-bond acceptors (Lipinski definition) is 9. The number of nitrogens with one attached hydrogen (secondary N) is 2. The molecule has 0 radical (unpaired) electrons. The third-order valence-electron chi connectivity index (χ3n) is 4.19. The number of ether oxygens (including phenoxy) is 2. The molecule has 0 saturated heterocycles. The minimum absolute atomic E-state index is 0.00795. The summed E-state index contributed by atoms with van der Waals surface area (Å²) in [7, 11) is -1.63. The van der Waals surface area contributed by atoms with E-state index in [1.54, 1.807) is 36.4 Å². The van der Waals surface area contributed by atoms with E-state index in [0.717, 1.165) is 5.56 Å². The zero-order valence-electron chi connectivity index (χ0n) is 18.0. The summed E-state index contributed by atoms with van der Waals surface area (Å²) < 4.78 is 36.8. The Hall–Kier alpha value is -3.79. The van der Waals surface area contributed by atoms with E-state index < -0.39 is 9.63 Å². The van der Waals surface area contributed by atoms with Gasteiger partial charge in [0.2, 0.25) is 0 Å². The van der Waals surface area contributed by atoms with Crippen molar-refractivity contribution in [2.24, 2.45) is 4.36 Å². The minimum atomic E-state index is -3.44. The van der Waals surface area contributed by atoms with Crippen LogP contribution in [-0.4, -0.2) is 23.7 Å². The first kappa shape index (κ1) is 23.4. The molecule has 34 heavy (non-hydrogen) atoms. The molecule has 3 aromatic carbocycles. The first-order valence-electron chi connectivity index (χ1n) is 9.96. The molecule has 2 unspecified atom stereocenters. The van der Waals surface area contributed by atoms with Gasteiger partial charge in [0, 0.05) is 0 Å². The predicted octanol–water partition coefficient (Wildman–Crippen LogP) is 5.57. The van der Waals surface area contributed by atoms with Crippen molar-refractivity contribution in [3.05, 3.63) is 84.4 Å². The molecule has 12 heteroatoms. The average molecular weight is 496 g/mol. The number of hydrazine groups is 1. The van der Waals surface area contributed by atoms with Crippen molar-refractivity contribution in [2.45, 2.75) is 6.92 Å². The van der Waals surface area contributed by atoms with E-state index in [1.165, 1.54) is 0 Å². The summed E-state index contributed by atoms with van der Waals surface area (Å²) in [6, 6.07) is 23.3. The Morgan fingerprint density at radius 2 is 1.41 bits per heavy atom. The van der Waals surface area contributed by atoms with Crippen LogP contribution in [0.4, 0.5) is 17.3 Å². The van der Waals surface area contributed by atoms with Crippen molar-refractivity contribution >= 4 is 35.4 Å². The van der Waals surface area contributed by atoms with Gasteiger partial charge in [0.25, 0.3) is 5.95 Å². The Morgan fingerprint density at radius 3 is 1.94 bits per heavy atom. The van der Waals surface area contributed by atoms with Crippen LogP contribution in [-0.2, 0) is 9.63 Å². The molecule has 0 aliphatic carbocycles. The molecule has 4 rings (SSSR count). The van der Waals surface area contributed by atoms with E-state index in [1.807, 2.05) is 57.8 Å². The Morgan fingerprint density at radius 1 is 0.853 bits per heavy atom. The molecule has 0 spiro atoms. The van der Waals surface area contributed by atoms with Crippen LogP contribution < -0.4 is 20.3 Å². The standard InChI is InChI=1S/C22H21N6O4PS/c1-15-12-13-18(19(14-15)28-34(29,30)33)26-27-20-23-21(31-16-8-4-2-5-9-16)25-22(24-20)32-17-10-6-3-7-11-17/h2-14,26H,33H2,1H3,(H,28,29,30)(H,23,24,25,27). The van der Waals surface area contributed by atoms with Gasteiger partial charge in [0.1, 0.15) is 17.2 Å². The maximum Gasteiger partial charge on any atom is 0.330 e. The van der Waals surface area contributed by atoms with Gasteiger partial charge in [-0.25, -0.2) is 4.21 Å². The molecular weight excluding hydrogens is 475 g/mol. The van der Waals surface area contributed by atoms with Gasteiger partial charge in [-0.15, -0.1) is 4.98 Å². The average Bonchev–Trinajstić information content (AvgIpc) is 2.79. The number of aryl methyl sites for hydroxylation is 1. The lowest BCUT2D eigenvalue weighted by molar-refractivity contribution is 0.399. The highest BCUT2D eigenvalue weighted by Gasteiger charge is 2.12. The molecule has 4 aromatic rings. The number of benzene rings is 3. The van der Waals surface area contributed by atoms with Crippen LogP contribution in [0, 0.1) is 6.92 Å². The highest BCUT2D eigenvalue weighted by molar-refractivity contribution is 8.35. The molecule has 174 valence electrons. The number of para-hydroxylation sites is 2. The van der Waals surface area contributed by atoms with Crippen molar-refractivity contribution in [3.63, 3.8) is 0 Å². The Kier molecular flexibility index (Phi) is 7.17. The van der Waals surface area contributed by atoms with Crippen molar-refractivity contribution in [1.29, 1.82) is 0 Å². The number of hydrogen-bond donors (Lipinski definition) is 3. The lowest BCUT2D eigenvalue weighted by atomic mass is 10.2. The largest absolute Gasteiger partial charge is 0.424 e. The summed E-state index contributed by atoms with van der Waals surface area (Å²) in [4.78, 5) is 12.8. The van der Waals surface area contributed by atoms with E-state index in [-0.39, 0.29) is 23.7 Å². The van der Waals surface area contributed by atoms with Gasteiger partial charge in [-0.3, -0.25) is 15.4 Å². The topological polar surface area (TPSA) is 131 Å². The van der Waals surface area contributed by atoms with E-state index in [2.05, 4.69) is 30.2 Å². The smallest absolute Gasteiger partial charge is 0.330 e. The molecule has 2 atom stereocenters. The van der Waals surface area contributed by atoms with E-state index in [4.69, 9.17) is 9.47 Å². The number of rotatable bonds is 8. The molecule has 1 aromatic heterocycles. The molecule has 0 amide bonds. The zero-order chi connectivity index (χ0) is 24.0. The van der Waals surface area contributed by atoms with Crippen LogP contribution in [0.2, 0.25) is 0 Å². The maximum absolute atomic E-state index is 11.8. The van der Waals surface area contributed by atoms with E-state index >= 15 is 0 Å². The normalized spacial score (nSPS) is 12.3. The first-order valence-corrected chi connectivity index (χ1v) is 12.9. The van der Waals surface area contributed by atoms with Crippen LogP contribution in [0.1, 0.15) is 5.56 Å². The predicted molar refractivity (Wildman–Crippen MR) is 134 cm³/mol. The zero-order valence-corrected chi connectivity index (χ0v) is 19.9. The molecule has 0 saturated carbocycles. The van der Waals surface area contributed by atoms with Crippen LogP contribution in [0.25, 0.3) is 0 Å². The van der Waals surface area contributed by atoms with Crippen molar-refractivity contribution in [2.75, 3.05) is 10.9 Å². The molecular formula is C22H21N6O4PS. The quantitative estimate of drug-likeness (QED) is 0.212. The number of aromatic nitrogens is 3. The summed E-state index contributed by atoms with van der Waals surface area (Å²) >= 11 is 0. The molecule has 0 aliphatic rings. The van der Waals surface area contributed by atoms with Crippen LogP contribution in [0.3, 0.4) is 0 Å². The Bertz CT molecular complexity index is 1330. The third kappa shape index (κ3) is 6.85. The number of anilines is 2. The maximum atomic E-state index is 11.8. The highest BCUT2D eigenvalue weighted by atomic mass is 32.7. The van der Waals surface area contributed by atoms with E-state index in [9.17, 15) is 8.76 Å². The van der Waals surface area contributed by atoms with E-state index in [0.29, 0.717) is 17.2 Å². The molecule has 10 nitrogen and oxygen atoms in total. The monoisotopic (exact) mass is 496 g/mol. The van der Waals surface area contributed by atoms with Gasteiger partial charge in [-0.2, -0.15) is 14.3 Å². The summed E-state index contributed by atoms with van der Waals surface area (Å²) in [5, 5.41) is 0. The fourth-order valence-corrected chi connectivity index (χ4v) is 3.53. The van der Waals surface area contributed by atoms with Gasteiger partial charge in [-0.1, -0.05) is 42.5 Å². The summed E-state index contributed by atoms with van der Waals surface area (Å²) in [5.74, 6) is 1.17. The van der Waals surface area contributed by atoms with Crippen molar-refractivity contribution in [1.82, 2.24) is 15.0 Å². The molecule has 0 bridgehead atoms. The Labute approximate surface area is 198 Å². The van der Waals surface area contributed by atoms with Crippen molar-refractivity contribution < 1.29 is 18.2 Å². The van der Waals surface area contributed by atoms with Gasteiger partial charge in [0.15, 0.2) is 9.63 Å². The SMILES string of the molecule is Cc1ccc(NNc2nc(Oc3ccccc3)nc(Oc3ccccc3)n2)c(N=S(=O)(O)P)c1. The highest BCUT2D eigenvalue weighted by Crippen LogP contribution is 2.29. The lowest BCUT2D eigenvalue weighted by Crippen LogP contribution is -2.13. The second-order valence-electron chi connectivity index (χ2n) is 6.95. The lowest BCUT2D eigenvalue weighted by Gasteiger charge is -2.13. The van der Waals surface area contributed by atoms with Crippen molar-refractivity contribution in [3.8, 4) is 23.5 Å². The van der Waals surface area contributed by atoms with Gasteiger partial charge in [0.05, 0.1) is 5.69 Å². The fourth-order valence-electron chi connectivity index (χ4n) is 2.76. The summed E-state index contributed by atoms with van der Waals surface area (Å²) in [5.41, 5.74) is 7.34. The summed E-state index contributed by atoms with van der Waals surface area (Å²) in [6.07, 6.45) is 0. The minimum Gasteiger partial charge on any atom is -0.424 e. The van der Waals surface area contributed by atoms with Crippen LogP contribution in [0.15, 0.2) is 83.2 Å². The third-order valence-corrected chi connectivity index (χ3v) is 4.96. The second-order valence-corrected chi connectivity index (χ2v) is 10.1. The first-order chi connectivity index (χ1) is 16.3. The number of nitrogens with zero attached hydrogens (tertiary/aromatic N) is 4. The summed E-state index contributed by atoms with van der Waals surface area (Å²) in [6.45, 7) is 1.85. The van der Waals surface area contributed by atoms with Crippen LogP contribution in [0.5, 0.6) is 23.5 Å². The molecule has 0 aliphatic heterocycles. The molecule has 3 N–H and O–H groups in total. The van der Waals surface area contributed by atoms with Crippen LogP contribution >= 0.6 is 8.44 Å². The van der Waals surface area contributed by atoms with Gasteiger partial charge >= 0.3 is 12.0 Å². The second kappa shape index (κ2) is 10.4. The fraction of sp³-hybridized carbons (Fsp3) is 0.0455. The van der Waals surface area contributed by atoms with Gasteiger partial charge < -0.3 is 9.47 Å².